The lowest BCUT2D eigenvalue weighted by atomic mass is 10.0. The van der Waals surface area contributed by atoms with Crippen LogP contribution in [0.2, 0.25) is 0 Å². The summed E-state index contributed by atoms with van der Waals surface area (Å²) in [5.41, 5.74) is 8.08. The summed E-state index contributed by atoms with van der Waals surface area (Å²) in [6.45, 7) is 3.40. The zero-order chi connectivity index (χ0) is 29.9. The smallest absolute Gasteiger partial charge is 0.338 e. The quantitative estimate of drug-likeness (QED) is 0.222. The number of benzene rings is 2. The fraction of sp³-hybridized carbons (Fsp3) is 0.172. The van der Waals surface area contributed by atoms with Gasteiger partial charge >= 0.3 is 5.91 Å². The van der Waals surface area contributed by atoms with Gasteiger partial charge in [0, 0.05) is 29.4 Å². The largest absolute Gasteiger partial charge is 0.381 e. The molecular weight excluding hydrogens is 546 g/mol. The van der Waals surface area contributed by atoms with Gasteiger partial charge in [-0.3, -0.25) is 19.0 Å². The zero-order valence-corrected chi connectivity index (χ0v) is 22.6. The second kappa shape index (κ2) is 9.78. The van der Waals surface area contributed by atoms with Gasteiger partial charge in [0.2, 0.25) is 5.91 Å². The first kappa shape index (κ1) is 27.1. The summed E-state index contributed by atoms with van der Waals surface area (Å²) in [7, 11) is 1.52. The number of carbonyl (C=O) groups excluding carboxylic acids is 2. The van der Waals surface area contributed by atoms with Crippen molar-refractivity contribution in [3.63, 3.8) is 0 Å². The van der Waals surface area contributed by atoms with E-state index in [0.29, 0.717) is 44.9 Å². The number of carbonyl (C=O) groups is 2. The van der Waals surface area contributed by atoms with E-state index in [4.69, 9.17) is 15.1 Å². The number of nitrogens with zero attached hydrogens (tertiary/aromatic N) is 3. The molecule has 13 nitrogen and oxygen atoms in total. The number of aliphatic hydroxyl groups is 2. The van der Waals surface area contributed by atoms with E-state index >= 15 is 0 Å². The lowest BCUT2D eigenvalue weighted by Gasteiger charge is -2.41. The monoisotopic (exact) mass is 571 g/mol. The van der Waals surface area contributed by atoms with Gasteiger partial charge in [0.25, 0.3) is 17.8 Å². The fourth-order valence-corrected chi connectivity index (χ4v) is 5.07. The molecule has 1 fully saturated rings. The highest BCUT2D eigenvalue weighted by atomic mass is 17.3. The van der Waals surface area contributed by atoms with Crippen LogP contribution in [0.4, 0.5) is 5.69 Å². The van der Waals surface area contributed by atoms with Crippen molar-refractivity contribution in [3.05, 3.63) is 93.7 Å². The highest BCUT2D eigenvalue weighted by molar-refractivity contribution is 6.12. The van der Waals surface area contributed by atoms with Gasteiger partial charge in [-0.25, -0.2) is 4.98 Å². The molecule has 2 amide bonds. The van der Waals surface area contributed by atoms with Crippen molar-refractivity contribution in [2.24, 2.45) is 12.8 Å². The molecule has 0 bridgehead atoms. The number of hydrogen-bond donors (Lipinski definition) is 4. The van der Waals surface area contributed by atoms with Crippen LogP contribution in [0.15, 0.2) is 70.0 Å². The van der Waals surface area contributed by atoms with Gasteiger partial charge in [-0.05, 0) is 55.3 Å². The molecule has 1 saturated heterocycles. The number of nitrogens with two attached hydrogens (primary N) is 1. The summed E-state index contributed by atoms with van der Waals surface area (Å²) in [6, 6.07) is 16.4. The number of aliphatic hydroxyl groups excluding tert-OH is 1. The molecule has 13 heteroatoms. The predicted molar refractivity (Wildman–Crippen MR) is 149 cm³/mol. The Labute approximate surface area is 237 Å². The molecule has 0 radical (unpaired) electrons. The topological polar surface area (TPSA) is 184 Å². The van der Waals surface area contributed by atoms with E-state index in [1.807, 2.05) is 0 Å². The molecule has 0 aliphatic carbocycles. The van der Waals surface area contributed by atoms with Crippen LogP contribution >= 0.6 is 0 Å². The van der Waals surface area contributed by atoms with E-state index in [9.17, 15) is 24.6 Å². The van der Waals surface area contributed by atoms with Gasteiger partial charge in [-0.2, -0.15) is 14.5 Å². The number of pyridine rings is 1. The van der Waals surface area contributed by atoms with E-state index < -0.39 is 24.0 Å². The average molecular weight is 572 g/mol. The third kappa shape index (κ3) is 4.28. The molecule has 42 heavy (non-hydrogen) atoms. The molecule has 0 saturated carbocycles. The second-order valence-electron chi connectivity index (χ2n) is 9.91. The van der Waals surface area contributed by atoms with Crippen LogP contribution in [0.5, 0.6) is 0 Å². The highest BCUT2D eigenvalue weighted by Crippen LogP contribution is 2.41. The van der Waals surface area contributed by atoms with Crippen molar-refractivity contribution >= 4 is 28.4 Å². The van der Waals surface area contributed by atoms with E-state index in [1.54, 1.807) is 62.4 Å². The van der Waals surface area contributed by atoms with Crippen molar-refractivity contribution in [2.75, 3.05) is 5.32 Å². The van der Waals surface area contributed by atoms with Crippen LogP contribution in [0.25, 0.3) is 33.3 Å². The SMILES string of the molecule is Cc1cc2cc(-c3ccc(-c4c(C)on(C)c4=O)cc3)n(C3(O)OOC3O)c2c(C(=O)Nc2cccc(C(N)=O)c2)n1. The number of amides is 2. The molecule has 2 atom stereocenters. The molecule has 1 aliphatic heterocycles. The van der Waals surface area contributed by atoms with Crippen molar-refractivity contribution < 1.29 is 34.1 Å². The van der Waals surface area contributed by atoms with Crippen molar-refractivity contribution in [2.45, 2.75) is 26.0 Å². The Morgan fingerprint density at radius 1 is 1.07 bits per heavy atom. The molecule has 214 valence electrons. The maximum atomic E-state index is 13.6. The van der Waals surface area contributed by atoms with Crippen molar-refractivity contribution in [1.82, 2.24) is 14.3 Å². The summed E-state index contributed by atoms with van der Waals surface area (Å²) in [4.78, 5) is 51.8. The minimum atomic E-state index is -2.40. The number of aromatic nitrogens is 3. The molecule has 5 aromatic rings. The van der Waals surface area contributed by atoms with E-state index in [0.717, 1.165) is 4.74 Å². The molecule has 3 aromatic heterocycles. The van der Waals surface area contributed by atoms with Gasteiger partial charge in [0.1, 0.15) is 5.76 Å². The molecule has 4 heterocycles. The number of fused-ring (bicyclic) bond motifs is 1. The van der Waals surface area contributed by atoms with Gasteiger partial charge in [0.05, 0.1) is 16.8 Å². The number of rotatable bonds is 6. The van der Waals surface area contributed by atoms with E-state index in [1.165, 1.54) is 23.7 Å². The molecule has 5 N–H and O–H groups in total. The van der Waals surface area contributed by atoms with Crippen LogP contribution in [-0.2, 0) is 22.7 Å². The predicted octanol–water partition coefficient (Wildman–Crippen LogP) is 2.51. The Bertz CT molecular complexity index is 1960. The molecular formula is C29H25N5O8. The third-order valence-electron chi connectivity index (χ3n) is 7.03. The average Bonchev–Trinajstić information content (AvgIpc) is 3.47. The summed E-state index contributed by atoms with van der Waals surface area (Å²) in [5.74, 6) is -3.25. The van der Waals surface area contributed by atoms with Gasteiger partial charge in [-0.15, -0.1) is 0 Å². The molecule has 2 unspecified atom stereocenters. The van der Waals surface area contributed by atoms with Crippen LogP contribution in [0, 0.1) is 13.8 Å². The normalized spacial score (nSPS) is 18.2. The van der Waals surface area contributed by atoms with Crippen LogP contribution in [-0.4, -0.2) is 42.6 Å². The summed E-state index contributed by atoms with van der Waals surface area (Å²) in [6.07, 6.45) is -1.79. The molecule has 0 spiro atoms. The number of aryl methyl sites for hydroxylation is 3. The lowest BCUT2D eigenvalue weighted by molar-refractivity contribution is -0.636. The van der Waals surface area contributed by atoms with Gasteiger partial charge < -0.3 is 25.8 Å². The fourth-order valence-electron chi connectivity index (χ4n) is 5.07. The third-order valence-corrected chi connectivity index (χ3v) is 7.03. The summed E-state index contributed by atoms with van der Waals surface area (Å²) >= 11 is 0. The second-order valence-corrected chi connectivity index (χ2v) is 9.91. The molecule has 1 aliphatic rings. The first-order chi connectivity index (χ1) is 20.0. The Morgan fingerprint density at radius 2 is 1.79 bits per heavy atom. The van der Waals surface area contributed by atoms with Crippen LogP contribution < -0.4 is 16.6 Å². The molecule has 6 rings (SSSR count). The number of hydrogen-bond acceptors (Lipinski definition) is 9. The first-order valence-electron chi connectivity index (χ1n) is 12.8. The summed E-state index contributed by atoms with van der Waals surface area (Å²) < 4.78 is 7.78. The number of primary amides is 1. The Balaban J connectivity index is 1.50. The molecule has 2 aromatic carbocycles. The Morgan fingerprint density at radius 3 is 2.38 bits per heavy atom. The number of nitrogens with one attached hydrogen (secondary N) is 1. The maximum absolute atomic E-state index is 13.6. The standard InChI is InChI=1S/C29H25N5O8/c1-14-11-19-13-21(16-7-9-17(10-8-16)22-15(2)40-33(3)27(22)37)34(29(39)28(38)41-42-29)24(19)23(31-14)26(36)32-20-6-4-5-18(12-20)25(30)35/h4-13,28,38-39H,1-3H3,(H2,30,35)(H,32,36). The minimum Gasteiger partial charge on any atom is -0.381 e. The van der Waals surface area contributed by atoms with E-state index in [-0.39, 0.29) is 22.3 Å². The van der Waals surface area contributed by atoms with E-state index in [2.05, 4.69) is 15.2 Å². The Hall–Kier alpha value is -5.08. The minimum absolute atomic E-state index is 0.0917. The highest BCUT2D eigenvalue weighted by Gasteiger charge is 2.54. The number of anilines is 1. The zero-order valence-electron chi connectivity index (χ0n) is 22.6. The van der Waals surface area contributed by atoms with Gasteiger partial charge in [0.15, 0.2) is 5.69 Å². The van der Waals surface area contributed by atoms with Gasteiger partial charge in [-0.1, -0.05) is 30.3 Å². The Kier molecular flexibility index (Phi) is 6.31. The van der Waals surface area contributed by atoms with Crippen LogP contribution in [0.1, 0.15) is 32.3 Å². The first-order valence-corrected chi connectivity index (χ1v) is 12.8. The van der Waals surface area contributed by atoms with Crippen molar-refractivity contribution in [3.8, 4) is 22.4 Å². The van der Waals surface area contributed by atoms with Crippen LogP contribution in [0.3, 0.4) is 0 Å². The maximum Gasteiger partial charge on any atom is 0.338 e. The van der Waals surface area contributed by atoms with Crippen molar-refractivity contribution in [1.29, 1.82) is 0 Å². The summed E-state index contributed by atoms with van der Waals surface area (Å²) in [5, 5.41) is 25.0. The lowest BCUT2D eigenvalue weighted by Crippen LogP contribution is -2.58.